The molecule has 0 aliphatic carbocycles. The fraction of sp³-hybridized carbons (Fsp3) is 0.500. The van der Waals surface area contributed by atoms with Gasteiger partial charge in [-0.15, -0.1) is 0 Å². The molecule has 0 aliphatic heterocycles. The third kappa shape index (κ3) is 2.94. The summed E-state index contributed by atoms with van der Waals surface area (Å²) in [6.07, 6.45) is 0. The molecule has 0 fully saturated rings. The number of sulfonamides is 1. The number of hydrogen-bond donors (Lipinski definition) is 1. The van der Waals surface area contributed by atoms with Gasteiger partial charge in [-0.2, -0.15) is 4.31 Å². The van der Waals surface area contributed by atoms with Gasteiger partial charge < -0.3 is 10.5 Å². The number of nitrogen functional groups attached to an aromatic ring is 1. The molecule has 102 valence electrons. The van der Waals surface area contributed by atoms with Crippen molar-refractivity contribution >= 4 is 15.7 Å². The van der Waals surface area contributed by atoms with Crippen LogP contribution in [0.15, 0.2) is 23.1 Å². The van der Waals surface area contributed by atoms with Gasteiger partial charge in [0.15, 0.2) is 0 Å². The molecule has 0 aromatic heterocycles. The summed E-state index contributed by atoms with van der Waals surface area (Å²) >= 11 is 0. The van der Waals surface area contributed by atoms with Crippen LogP contribution in [-0.4, -0.2) is 32.4 Å². The lowest BCUT2D eigenvalue weighted by molar-refractivity contribution is 0.341. The Bertz CT molecular complexity index is 496. The molecular formula is C12H20N2O3S. The summed E-state index contributed by atoms with van der Waals surface area (Å²) in [7, 11) is -3.46. The van der Waals surface area contributed by atoms with E-state index >= 15 is 0 Å². The highest BCUT2D eigenvalue weighted by Gasteiger charge is 2.22. The van der Waals surface area contributed by atoms with E-state index in [1.807, 2.05) is 20.8 Å². The number of anilines is 1. The molecule has 6 heteroatoms. The molecule has 0 saturated carbocycles. The second-order valence-electron chi connectivity index (χ2n) is 3.72. The first-order valence-electron chi connectivity index (χ1n) is 5.99. The van der Waals surface area contributed by atoms with E-state index < -0.39 is 10.0 Å². The zero-order valence-corrected chi connectivity index (χ0v) is 11.8. The zero-order valence-electron chi connectivity index (χ0n) is 11.0. The third-order valence-corrected chi connectivity index (χ3v) is 4.67. The van der Waals surface area contributed by atoms with Crippen LogP contribution in [0.4, 0.5) is 5.69 Å². The molecule has 18 heavy (non-hydrogen) atoms. The van der Waals surface area contributed by atoms with Gasteiger partial charge in [-0.3, -0.25) is 0 Å². The van der Waals surface area contributed by atoms with Crippen LogP contribution in [0.2, 0.25) is 0 Å². The van der Waals surface area contributed by atoms with Crippen molar-refractivity contribution < 1.29 is 13.2 Å². The van der Waals surface area contributed by atoms with Gasteiger partial charge in [0.25, 0.3) is 0 Å². The quantitative estimate of drug-likeness (QED) is 0.800. The first-order chi connectivity index (χ1) is 8.47. The number of nitrogens with zero attached hydrogens (tertiary/aromatic N) is 1. The summed E-state index contributed by atoms with van der Waals surface area (Å²) in [6.45, 7) is 6.76. The van der Waals surface area contributed by atoms with Crippen LogP contribution in [0, 0.1) is 0 Å². The van der Waals surface area contributed by atoms with Gasteiger partial charge in [0, 0.05) is 19.2 Å². The van der Waals surface area contributed by atoms with Crippen molar-refractivity contribution in [2.75, 3.05) is 25.4 Å². The van der Waals surface area contributed by atoms with E-state index in [0.29, 0.717) is 31.1 Å². The molecule has 0 bridgehead atoms. The Hall–Kier alpha value is -1.27. The highest BCUT2D eigenvalue weighted by Crippen LogP contribution is 2.26. The summed E-state index contributed by atoms with van der Waals surface area (Å²) in [5.41, 5.74) is 6.17. The number of ether oxygens (including phenoxy) is 1. The van der Waals surface area contributed by atoms with Crippen LogP contribution >= 0.6 is 0 Å². The second kappa shape index (κ2) is 6.06. The van der Waals surface area contributed by atoms with Crippen LogP contribution in [0.1, 0.15) is 20.8 Å². The predicted octanol–water partition coefficient (Wildman–Crippen LogP) is 1.70. The molecule has 0 saturated heterocycles. The molecule has 1 aromatic rings. The molecule has 0 atom stereocenters. The lowest BCUT2D eigenvalue weighted by Gasteiger charge is -2.19. The Kier molecular flexibility index (Phi) is 4.98. The van der Waals surface area contributed by atoms with Gasteiger partial charge in [0.2, 0.25) is 10.0 Å². The molecule has 0 heterocycles. The Morgan fingerprint density at radius 2 is 1.83 bits per heavy atom. The van der Waals surface area contributed by atoms with Gasteiger partial charge in [-0.05, 0) is 19.1 Å². The first-order valence-corrected chi connectivity index (χ1v) is 7.43. The van der Waals surface area contributed by atoms with E-state index in [1.54, 1.807) is 6.07 Å². The highest BCUT2D eigenvalue weighted by atomic mass is 32.2. The van der Waals surface area contributed by atoms with Crippen molar-refractivity contribution in [3.8, 4) is 5.75 Å². The average molecular weight is 272 g/mol. The Morgan fingerprint density at radius 1 is 1.22 bits per heavy atom. The van der Waals surface area contributed by atoms with Crippen molar-refractivity contribution in [1.29, 1.82) is 0 Å². The van der Waals surface area contributed by atoms with Crippen LogP contribution in [-0.2, 0) is 10.0 Å². The molecule has 1 rings (SSSR count). The van der Waals surface area contributed by atoms with E-state index in [0.717, 1.165) is 0 Å². The molecular weight excluding hydrogens is 252 g/mol. The Balaban J connectivity index is 3.21. The summed E-state index contributed by atoms with van der Waals surface area (Å²) in [4.78, 5) is 0.212. The number of nitrogens with two attached hydrogens (primary N) is 1. The van der Waals surface area contributed by atoms with Crippen LogP contribution in [0.5, 0.6) is 5.75 Å². The van der Waals surface area contributed by atoms with Gasteiger partial charge in [-0.25, -0.2) is 8.42 Å². The van der Waals surface area contributed by atoms with E-state index in [1.165, 1.54) is 16.4 Å². The standard InChI is InChI=1S/C12H20N2O3S/c1-4-14(5-2)18(15,16)10-7-8-11(13)12(9-10)17-6-3/h7-9H,4-6,13H2,1-3H3. The van der Waals surface area contributed by atoms with Crippen molar-refractivity contribution in [3.63, 3.8) is 0 Å². The zero-order chi connectivity index (χ0) is 13.8. The van der Waals surface area contributed by atoms with Crippen molar-refractivity contribution in [3.05, 3.63) is 18.2 Å². The van der Waals surface area contributed by atoms with Gasteiger partial charge >= 0.3 is 0 Å². The summed E-state index contributed by atoms with van der Waals surface area (Å²) in [6, 6.07) is 4.54. The molecule has 1 aromatic carbocycles. The molecule has 0 aliphatic rings. The number of hydrogen-bond acceptors (Lipinski definition) is 4. The van der Waals surface area contributed by atoms with Crippen LogP contribution in [0.25, 0.3) is 0 Å². The van der Waals surface area contributed by atoms with E-state index in [-0.39, 0.29) is 4.90 Å². The van der Waals surface area contributed by atoms with E-state index in [4.69, 9.17) is 10.5 Å². The SMILES string of the molecule is CCOc1cc(S(=O)(=O)N(CC)CC)ccc1N. The molecule has 0 unspecified atom stereocenters. The summed E-state index contributed by atoms with van der Waals surface area (Å²) in [5.74, 6) is 0.408. The molecule has 5 nitrogen and oxygen atoms in total. The normalized spacial score (nSPS) is 11.8. The Morgan fingerprint density at radius 3 is 2.33 bits per heavy atom. The van der Waals surface area contributed by atoms with Crippen molar-refractivity contribution in [1.82, 2.24) is 4.31 Å². The number of benzene rings is 1. The van der Waals surface area contributed by atoms with Crippen LogP contribution in [0.3, 0.4) is 0 Å². The lowest BCUT2D eigenvalue weighted by atomic mass is 10.3. The summed E-state index contributed by atoms with van der Waals surface area (Å²) < 4.78 is 31.3. The monoisotopic (exact) mass is 272 g/mol. The summed E-state index contributed by atoms with van der Waals surface area (Å²) in [5, 5.41) is 0. The fourth-order valence-electron chi connectivity index (χ4n) is 1.67. The predicted molar refractivity (Wildman–Crippen MR) is 72.1 cm³/mol. The van der Waals surface area contributed by atoms with Gasteiger partial charge in [-0.1, -0.05) is 13.8 Å². The van der Waals surface area contributed by atoms with Gasteiger partial charge in [0.1, 0.15) is 5.75 Å². The maximum Gasteiger partial charge on any atom is 0.243 e. The molecule has 0 amide bonds. The maximum atomic E-state index is 12.3. The topological polar surface area (TPSA) is 72.6 Å². The van der Waals surface area contributed by atoms with E-state index in [9.17, 15) is 8.42 Å². The van der Waals surface area contributed by atoms with Crippen LogP contribution < -0.4 is 10.5 Å². The van der Waals surface area contributed by atoms with Gasteiger partial charge in [0.05, 0.1) is 17.2 Å². The molecule has 0 radical (unpaired) electrons. The molecule has 0 spiro atoms. The molecule has 2 N–H and O–H groups in total. The highest BCUT2D eigenvalue weighted by molar-refractivity contribution is 7.89. The largest absolute Gasteiger partial charge is 0.492 e. The Labute approximate surface area is 109 Å². The number of rotatable bonds is 6. The maximum absolute atomic E-state index is 12.3. The second-order valence-corrected chi connectivity index (χ2v) is 5.66. The third-order valence-electron chi connectivity index (χ3n) is 2.63. The minimum atomic E-state index is -3.46. The van der Waals surface area contributed by atoms with Crippen molar-refractivity contribution in [2.24, 2.45) is 0 Å². The van der Waals surface area contributed by atoms with Crippen molar-refractivity contribution in [2.45, 2.75) is 25.7 Å². The fourth-order valence-corrected chi connectivity index (χ4v) is 3.14. The van der Waals surface area contributed by atoms with E-state index in [2.05, 4.69) is 0 Å². The minimum Gasteiger partial charge on any atom is -0.492 e. The smallest absolute Gasteiger partial charge is 0.243 e. The minimum absolute atomic E-state index is 0.212. The average Bonchev–Trinajstić information content (AvgIpc) is 2.33. The first kappa shape index (κ1) is 14.8. The lowest BCUT2D eigenvalue weighted by Crippen LogP contribution is -2.30.